The zero-order chi connectivity index (χ0) is 18.1. The summed E-state index contributed by atoms with van der Waals surface area (Å²) in [5.41, 5.74) is 0.705. The Morgan fingerprint density at radius 3 is 2.77 bits per heavy atom. The van der Waals surface area contributed by atoms with E-state index < -0.39 is 0 Å². The molecule has 26 heavy (non-hydrogen) atoms. The Balaban J connectivity index is 1.43. The second-order valence-electron chi connectivity index (χ2n) is 6.19. The van der Waals surface area contributed by atoms with Crippen LogP contribution < -0.4 is 10.2 Å². The molecule has 8 heteroatoms. The maximum Gasteiger partial charge on any atom is 0.321 e. The molecule has 1 fully saturated rings. The first kappa shape index (κ1) is 17.1. The minimum absolute atomic E-state index is 0.105. The number of urea groups is 1. The van der Waals surface area contributed by atoms with Crippen LogP contribution in [0.3, 0.4) is 0 Å². The van der Waals surface area contributed by atoms with E-state index in [1.165, 1.54) is 4.88 Å². The van der Waals surface area contributed by atoms with Crippen LogP contribution in [0.1, 0.15) is 4.88 Å². The number of carbonyl (C=O) groups is 1. The SMILES string of the molecule is Cc1cc2c(N3CCN(C(=O)Nc4cccc(Cl)c4)CC3)ncnc2s1. The summed E-state index contributed by atoms with van der Waals surface area (Å²) in [4.78, 5) is 27.6. The van der Waals surface area contributed by atoms with Gasteiger partial charge in [0.05, 0.1) is 5.39 Å². The van der Waals surface area contributed by atoms with Crippen LogP contribution in [0.25, 0.3) is 10.2 Å². The van der Waals surface area contributed by atoms with Crippen LogP contribution in [0.2, 0.25) is 5.02 Å². The lowest BCUT2D eigenvalue weighted by molar-refractivity contribution is 0.208. The lowest BCUT2D eigenvalue weighted by atomic mass is 10.2. The molecule has 0 saturated carbocycles. The minimum atomic E-state index is -0.105. The summed E-state index contributed by atoms with van der Waals surface area (Å²) in [5.74, 6) is 0.953. The first-order valence-electron chi connectivity index (χ1n) is 8.38. The number of nitrogens with one attached hydrogen (secondary N) is 1. The molecule has 134 valence electrons. The minimum Gasteiger partial charge on any atom is -0.352 e. The normalized spacial score (nSPS) is 14.7. The fourth-order valence-electron chi connectivity index (χ4n) is 3.11. The van der Waals surface area contributed by atoms with Crippen molar-refractivity contribution >= 4 is 50.7 Å². The van der Waals surface area contributed by atoms with E-state index in [0.717, 1.165) is 29.1 Å². The Labute approximate surface area is 160 Å². The standard InChI is InChI=1S/C18H18ClN5OS/c1-12-9-15-16(20-11-21-17(15)26-12)23-5-7-24(8-6-23)18(25)22-14-4-2-3-13(19)10-14/h2-4,9-11H,5-8H2,1H3,(H,22,25). The van der Waals surface area contributed by atoms with Gasteiger partial charge in [-0.3, -0.25) is 0 Å². The van der Waals surface area contributed by atoms with Crippen molar-refractivity contribution in [1.29, 1.82) is 0 Å². The number of hydrogen-bond donors (Lipinski definition) is 1. The van der Waals surface area contributed by atoms with Crippen molar-refractivity contribution in [2.45, 2.75) is 6.92 Å². The Morgan fingerprint density at radius 1 is 1.19 bits per heavy atom. The van der Waals surface area contributed by atoms with Gasteiger partial charge in [0, 0.05) is 41.8 Å². The molecule has 1 saturated heterocycles. The van der Waals surface area contributed by atoms with E-state index >= 15 is 0 Å². The average molecular weight is 388 g/mol. The number of benzene rings is 1. The van der Waals surface area contributed by atoms with Crippen LogP contribution in [0.15, 0.2) is 36.7 Å². The van der Waals surface area contributed by atoms with Crippen LogP contribution in [0.5, 0.6) is 0 Å². The highest BCUT2D eigenvalue weighted by molar-refractivity contribution is 7.18. The van der Waals surface area contributed by atoms with Crippen molar-refractivity contribution in [2.75, 3.05) is 36.4 Å². The fourth-order valence-corrected chi connectivity index (χ4v) is 4.14. The monoisotopic (exact) mass is 387 g/mol. The second kappa shape index (κ2) is 7.09. The Kier molecular flexibility index (Phi) is 4.65. The van der Waals surface area contributed by atoms with Crippen LogP contribution in [-0.2, 0) is 0 Å². The molecule has 3 aromatic rings. The second-order valence-corrected chi connectivity index (χ2v) is 7.86. The number of aromatic nitrogens is 2. The third kappa shape index (κ3) is 3.45. The summed E-state index contributed by atoms with van der Waals surface area (Å²) in [6.45, 7) is 4.84. The van der Waals surface area contributed by atoms with Gasteiger partial charge in [-0.2, -0.15) is 0 Å². The Hall–Kier alpha value is -2.38. The first-order valence-corrected chi connectivity index (χ1v) is 9.57. The number of thiophene rings is 1. The van der Waals surface area contributed by atoms with E-state index in [1.807, 2.05) is 17.0 Å². The number of hydrogen-bond acceptors (Lipinski definition) is 5. The van der Waals surface area contributed by atoms with E-state index in [1.54, 1.807) is 29.8 Å². The fraction of sp³-hybridized carbons (Fsp3) is 0.278. The predicted octanol–water partition coefficient (Wildman–Crippen LogP) is 4.01. The number of fused-ring (bicyclic) bond motifs is 1. The van der Waals surface area contributed by atoms with Crippen LogP contribution >= 0.6 is 22.9 Å². The maximum atomic E-state index is 12.5. The number of aryl methyl sites for hydroxylation is 1. The van der Waals surface area contributed by atoms with E-state index in [0.29, 0.717) is 23.8 Å². The molecule has 0 atom stereocenters. The van der Waals surface area contributed by atoms with Gasteiger partial charge in [0.2, 0.25) is 0 Å². The van der Waals surface area contributed by atoms with E-state index in [2.05, 4.69) is 33.2 Å². The summed E-state index contributed by atoms with van der Waals surface area (Å²) in [6, 6.07) is 9.20. The van der Waals surface area contributed by atoms with Crippen LogP contribution in [0, 0.1) is 6.92 Å². The number of rotatable bonds is 2. The number of carbonyl (C=O) groups excluding carboxylic acids is 1. The van der Waals surface area contributed by atoms with Crippen molar-refractivity contribution in [3.05, 3.63) is 46.6 Å². The lowest BCUT2D eigenvalue weighted by Gasteiger charge is -2.35. The highest BCUT2D eigenvalue weighted by Crippen LogP contribution is 2.30. The van der Waals surface area contributed by atoms with Crippen molar-refractivity contribution in [3.8, 4) is 0 Å². The third-order valence-corrected chi connectivity index (χ3v) is 5.57. The summed E-state index contributed by atoms with van der Waals surface area (Å²) in [7, 11) is 0. The lowest BCUT2D eigenvalue weighted by Crippen LogP contribution is -2.50. The van der Waals surface area contributed by atoms with Gasteiger partial charge in [-0.15, -0.1) is 11.3 Å². The zero-order valence-corrected chi connectivity index (χ0v) is 15.8. The first-order chi connectivity index (χ1) is 12.6. The maximum absolute atomic E-state index is 12.5. The number of piperazine rings is 1. The molecule has 2 amide bonds. The van der Waals surface area contributed by atoms with Gasteiger partial charge in [0.1, 0.15) is 17.0 Å². The molecule has 1 aliphatic rings. The van der Waals surface area contributed by atoms with E-state index in [4.69, 9.17) is 11.6 Å². The smallest absolute Gasteiger partial charge is 0.321 e. The van der Waals surface area contributed by atoms with Gasteiger partial charge >= 0.3 is 6.03 Å². The number of anilines is 2. The van der Waals surface area contributed by atoms with Crippen molar-refractivity contribution in [3.63, 3.8) is 0 Å². The Bertz CT molecular complexity index is 952. The van der Waals surface area contributed by atoms with Crippen LogP contribution in [-0.4, -0.2) is 47.1 Å². The zero-order valence-electron chi connectivity index (χ0n) is 14.3. The summed E-state index contributed by atoms with van der Waals surface area (Å²) < 4.78 is 0. The molecule has 2 aromatic heterocycles. The summed E-state index contributed by atoms with van der Waals surface area (Å²) in [5, 5.41) is 4.59. The number of nitrogens with zero attached hydrogens (tertiary/aromatic N) is 4. The summed E-state index contributed by atoms with van der Waals surface area (Å²) in [6.07, 6.45) is 1.62. The molecule has 4 rings (SSSR count). The van der Waals surface area contributed by atoms with Gasteiger partial charge in [-0.25, -0.2) is 14.8 Å². The quantitative estimate of drug-likeness (QED) is 0.721. The van der Waals surface area contributed by atoms with Crippen molar-refractivity contribution in [1.82, 2.24) is 14.9 Å². The van der Waals surface area contributed by atoms with Gasteiger partial charge in [0.25, 0.3) is 0 Å². The molecule has 3 heterocycles. The molecule has 1 aliphatic heterocycles. The third-order valence-electron chi connectivity index (χ3n) is 4.37. The predicted molar refractivity (Wildman–Crippen MR) is 106 cm³/mol. The molecular formula is C18H18ClN5OS. The van der Waals surface area contributed by atoms with Crippen molar-refractivity contribution < 1.29 is 4.79 Å². The average Bonchev–Trinajstić information content (AvgIpc) is 3.02. The molecule has 0 bridgehead atoms. The molecule has 0 spiro atoms. The van der Waals surface area contributed by atoms with E-state index in [9.17, 15) is 4.79 Å². The molecule has 6 nitrogen and oxygen atoms in total. The topological polar surface area (TPSA) is 61.4 Å². The van der Waals surface area contributed by atoms with Gasteiger partial charge in [-0.05, 0) is 31.2 Å². The van der Waals surface area contributed by atoms with Gasteiger partial charge in [0.15, 0.2) is 0 Å². The van der Waals surface area contributed by atoms with Crippen LogP contribution in [0.4, 0.5) is 16.3 Å². The number of amides is 2. The molecule has 0 aliphatic carbocycles. The molecule has 1 aromatic carbocycles. The van der Waals surface area contributed by atoms with Gasteiger partial charge < -0.3 is 15.1 Å². The molecule has 0 unspecified atom stereocenters. The molecular weight excluding hydrogens is 370 g/mol. The highest BCUT2D eigenvalue weighted by Gasteiger charge is 2.23. The van der Waals surface area contributed by atoms with Gasteiger partial charge in [-0.1, -0.05) is 17.7 Å². The molecule has 0 radical (unpaired) electrons. The van der Waals surface area contributed by atoms with Crippen molar-refractivity contribution in [2.24, 2.45) is 0 Å². The highest BCUT2D eigenvalue weighted by atomic mass is 35.5. The molecule has 1 N–H and O–H groups in total. The summed E-state index contributed by atoms with van der Waals surface area (Å²) >= 11 is 7.64. The van der Waals surface area contributed by atoms with E-state index in [-0.39, 0.29) is 6.03 Å². The number of halogens is 1. The Morgan fingerprint density at radius 2 is 2.00 bits per heavy atom. The largest absolute Gasteiger partial charge is 0.352 e.